The molecular formula is C16H23NO3. The quantitative estimate of drug-likeness (QED) is 0.841. The van der Waals surface area contributed by atoms with E-state index in [0.717, 1.165) is 12.8 Å². The highest BCUT2D eigenvalue weighted by Crippen LogP contribution is 2.35. The number of hydrogen-bond acceptors (Lipinski definition) is 3. The number of hydrogen-bond donors (Lipinski definition) is 1. The van der Waals surface area contributed by atoms with Crippen molar-refractivity contribution in [1.82, 2.24) is 5.32 Å². The predicted octanol–water partition coefficient (Wildman–Crippen LogP) is 3.22. The van der Waals surface area contributed by atoms with E-state index in [1.165, 1.54) is 11.1 Å². The molecule has 0 saturated heterocycles. The highest BCUT2D eigenvalue weighted by molar-refractivity contribution is 5.67. The van der Waals surface area contributed by atoms with Gasteiger partial charge in [0.2, 0.25) is 0 Å². The van der Waals surface area contributed by atoms with Crippen LogP contribution < -0.4 is 5.32 Å². The van der Waals surface area contributed by atoms with Gasteiger partial charge in [-0.15, -0.1) is 0 Å². The smallest absolute Gasteiger partial charge is 0.407 e. The van der Waals surface area contributed by atoms with Gasteiger partial charge < -0.3 is 14.8 Å². The summed E-state index contributed by atoms with van der Waals surface area (Å²) in [6, 6.07) is 8.35. The van der Waals surface area contributed by atoms with E-state index in [2.05, 4.69) is 23.5 Å². The number of rotatable bonds is 5. The third-order valence-electron chi connectivity index (χ3n) is 3.12. The molecule has 1 unspecified atom stereocenters. The molecule has 4 nitrogen and oxygen atoms in total. The molecule has 2 rings (SSSR count). The van der Waals surface area contributed by atoms with Crippen molar-refractivity contribution >= 4 is 6.09 Å². The highest BCUT2D eigenvalue weighted by Gasteiger charge is 2.25. The first-order chi connectivity index (χ1) is 9.46. The van der Waals surface area contributed by atoms with Gasteiger partial charge in [-0.05, 0) is 38.3 Å². The summed E-state index contributed by atoms with van der Waals surface area (Å²) in [4.78, 5) is 11.4. The molecule has 0 spiro atoms. The lowest BCUT2D eigenvalue weighted by atomic mass is 9.85. The standard InChI is InChI=1S/C16H23NO3/c1-16(2,3)20-15(18)17-9-6-10-19-14-11-12-7-4-5-8-13(12)14/h4-5,7-8,14H,6,9-11H2,1-3H3,(H,17,18). The molecule has 1 aliphatic rings. The molecule has 0 saturated carbocycles. The van der Waals surface area contributed by atoms with Gasteiger partial charge in [0, 0.05) is 19.6 Å². The lowest BCUT2D eigenvalue weighted by Crippen LogP contribution is -2.33. The monoisotopic (exact) mass is 277 g/mol. The molecule has 0 aromatic heterocycles. The molecule has 20 heavy (non-hydrogen) atoms. The zero-order valence-corrected chi connectivity index (χ0v) is 12.4. The van der Waals surface area contributed by atoms with E-state index < -0.39 is 5.60 Å². The van der Waals surface area contributed by atoms with E-state index in [4.69, 9.17) is 9.47 Å². The number of alkyl carbamates (subject to hydrolysis) is 1. The van der Waals surface area contributed by atoms with Crippen molar-refractivity contribution in [3.63, 3.8) is 0 Å². The van der Waals surface area contributed by atoms with Crippen LogP contribution in [0.25, 0.3) is 0 Å². The van der Waals surface area contributed by atoms with Crippen molar-refractivity contribution in [2.24, 2.45) is 0 Å². The third kappa shape index (κ3) is 4.23. The molecule has 4 heteroatoms. The van der Waals surface area contributed by atoms with Gasteiger partial charge in [-0.2, -0.15) is 0 Å². The van der Waals surface area contributed by atoms with Crippen LogP contribution in [0.3, 0.4) is 0 Å². The maximum atomic E-state index is 11.4. The lowest BCUT2D eigenvalue weighted by Gasteiger charge is -2.30. The Morgan fingerprint density at radius 2 is 2.10 bits per heavy atom. The van der Waals surface area contributed by atoms with Gasteiger partial charge >= 0.3 is 6.09 Å². The fourth-order valence-electron chi connectivity index (χ4n) is 2.16. The molecule has 1 aromatic carbocycles. The second-order valence-electron chi connectivity index (χ2n) is 6.04. The van der Waals surface area contributed by atoms with Crippen LogP contribution in [-0.2, 0) is 15.9 Å². The van der Waals surface area contributed by atoms with E-state index in [1.54, 1.807) is 0 Å². The Balaban J connectivity index is 1.56. The maximum absolute atomic E-state index is 11.4. The minimum atomic E-state index is -0.448. The largest absolute Gasteiger partial charge is 0.444 e. The first kappa shape index (κ1) is 14.9. The SMILES string of the molecule is CC(C)(C)OC(=O)NCCCOC1Cc2ccccc21. The summed E-state index contributed by atoms with van der Waals surface area (Å²) in [5, 5.41) is 2.73. The van der Waals surface area contributed by atoms with E-state index in [1.807, 2.05) is 26.8 Å². The Morgan fingerprint density at radius 3 is 2.80 bits per heavy atom. The van der Waals surface area contributed by atoms with Crippen LogP contribution in [-0.4, -0.2) is 24.8 Å². The summed E-state index contributed by atoms with van der Waals surface area (Å²) in [6.45, 7) is 6.77. The average Bonchev–Trinajstić information content (AvgIpc) is 2.31. The van der Waals surface area contributed by atoms with Crippen LogP contribution >= 0.6 is 0 Å². The number of carbonyl (C=O) groups is 1. The summed E-state index contributed by atoms with van der Waals surface area (Å²) >= 11 is 0. The van der Waals surface area contributed by atoms with Crippen LogP contribution in [0, 0.1) is 0 Å². The van der Waals surface area contributed by atoms with Gasteiger partial charge in [-0.25, -0.2) is 4.79 Å². The zero-order chi connectivity index (χ0) is 14.6. The van der Waals surface area contributed by atoms with Crippen LogP contribution in [0.5, 0.6) is 0 Å². The van der Waals surface area contributed by atoms with Gasteiger partial charge in [-0.3, -0.25) is 0 Å². The topological polar surface area (TPSA) is 47.6 Å². The highest BCUT2D eigenvalue weighted by atomic mass is 16.6. The normalized spacial score (nSPS) is 17.1. The number of nitrogens with one attached hydrogen (secondary N) is 1. The van der Waals surface area contributed by atoms with Crippen molar-refractivity contribution in [3.8, 4) is 0 Å². The molecule has 0 fully saturated rings. The summed E-state index contributed by atoms with van der Waals surface area (Å²) in [5.74, 6) is 0. The fraction of sp³-hybridized carbons (Fsp3) is 0.562. The molecule has 1 N–H and O–H groups in total. The van der Waals surface area contributed by atoms with E-state index >= 15 is 0 Å². The molecule has 0 bridgehead atoms. The van der Waals surface area contributed by atoms with Gasteiger partial charge in [0.1, 0.15) is 5.60 Å². The van der Waals surface area contributed by atoms with E-state index in [9.17, 15) is 4.79 Å². The van der Waals surface area contributed by atoms with Crippen molar-refractivity contribution in [2.75, 3.05) is 13.2 Å². The number of fused-ring (bicyclic) bond motifs is 1. The van der Waals surface area contributed by atoms with Crippen LogP contribution in [0.15, 0.2) is 24.3 Å². The van der Waals surface area contributed by atoms with Gasteiger partial charge in [-0.1, -0.05) is 24.3 Å². The number of carbonyl (C=O) groups excluding carboxylic acids is 1. The first-order valence-corrected chi connectivity index (χ1v) is 7.12. The van der Waals surface area contributed by atoms with Gasteiger partial charge in [0.05, 0.1) is 6.10 Å². The molecule has 0 heterocycles. The van der Waals surface area contributed by atoms with E-state index in [0.29, 0.717) is 13.2 Å². The fourth-order valence-corrected chi connectivity index (χ4v) is 2.16. The second kappa shape index (κ2) is 6.27. The summed E-state index contributed by atoms with van der Waals surface area (Å²) in [6.07, 6.45) is 1.65. The van der Waals surface area contributed by atoms with Crippen molar-refractivity contribution in [1.29, 1.82) is 0 Å². The zero-order valence-electron chi connectivity index (χ0n) is 12.4. The minimum absolute atomic E-state index is 0.229. The minimum Gasteiger partial charge on any atom is -0.444 e. The molecular weight excluding hydrogens is 254 g/mol. The molecule has 110 valence electrons. The van der Waals surface area contributed by atoms with Crippen LogP contribution in [0.4, 0.5) is 4.79 Å². The van der Waals surface area contributed by atoms with Crippen molar-refractivity contribution < 1.29 is 14.3 Å². The van der Waals surface area contributed by atoms with Crippen molar-refractivity contribution in [3.05, 3.63) is 35.4 Å². The molecule has 1 aromatic rings. The number of amides is 1. The molecule has 1 aliphatic carbocycles. The Hall–Kier alpha value is -1.55. The van der Waals surface area contributed by atoms with Crippen molar-refractivity contribution in [2.45, 2.75) is 45.3 Å². The Kier molecular flexibility index (Phi) is 4.65. The Bertz CT molecular complexity index is 465. The number of benzene rings is 1. The van der Waals surface area contributed by atoms with Crippen LogP contribution in [0.2, 0.25) is 0 Å². The number of ether oxygens (including phenoxy) is 2. The van der Waals surface area contributed by atoms with Gasteiger partial charge in [0.15, 0.2) is 0 Å². The summed E-state index contributed by atoms with van der Waals surface area (Å²) < 4.78 is 10.9. The van der Waals surface area contributed by atoms with Gasteiger partial charge in [0.25, 0.3) is 0 Å². The third-order valence-corrected chi connectivity index (χ3v) is 3.12. The van der Waals surface area contributed by atoms with E-state index in [-0.39, 0.29) is 12.2 Å². The summed E-state index contributed by atoms with van der Waals surface area (Å²) in [5.41, 5.74) is 2.23. The molecule has 0 aliphatic heterocycles. The average molecular weight is 277 g/mol. The maximum Gasteiger partial charge on any atom is 0.407 e. The van der Waals surface area contributed by atoms with Crippen LogP contribution in [0.1, 0.15) is 44.4 Å². The second-order valence-corrected chi connectivity index (χ2v) is 6.04. The first-order valence-electron chi connectivity index (χ1n) is 7.12. The molecule has 1 atom stereocenters. The summed E-state index contributed by atoms with van der Waals surface area (Å²) in [7, 11) is 0. The Labute approximate surface area is 120 Å². The Morgan fingerprint density at radius 1 is 1.35 bits per heavy atom. The predicted molar refractivity (Wildman–Crippen MR) is 77.7 cm³/mol. The lowest BCUT2D eigenvalue weighted by molar-refractivity contribution is 0.0334. The molecule has 0 radical (unpaired) electrons. The molecule has 1 amide bonds.